The first kappa shape index (κ1) is 14.8. The topological polar surface area (TPSA) is 58.6 Å². The van der Waals surface area contributed by atoms with Crippen molar-refractivity contribution in [2.75, 3.05) is 6.61 Å². The molecule has 0 aromatic rings. The van der Waals surface area contributed by atoms with Crippen molar-refractivity contribution in [2.45, 2.75) is 70.6 Å². The second kappa shape index (κ2) is 6.71. The van der Waals surface area contributed by atoms with E-state index in [0.717, 1.165) is 37.5 Å². The molecule has 0 spiro atoms. The van der Waals surface area contributed by atoms with Crippen molar-refractivity contribution in [3.05, 3.63) is 0 Å². The molecule has 4 nitrogen and oxygen atoms in total. The SMILES string of the molecule is CC1CC(C)CC(OCCC(NC2CC2)C(=O)O)C1. The summed E-state index contributed by atoms with van der Waals surface area (Å²) in [6, 6.07) is -0.0123. The standard InChI is InChI=1S/C15H27NO3/c1-10-7-11(2)9-13(8-10)19-6-5-14(15(17)18)16-12-3-4-12/h10-14,16H,3-9H2,1-2H3,(H,17,18). The molecule has 2 aliphatic rings. The van der Waals surface area contributed by atoms with Gasteiger partial charge in [0.15, 0.2) is 0 Å². The first-order valence-electron chi connectivity index (χ1n) is 7.65. The van der Waals surface area contributed by atoms with Gasteiger partial charge >= 0.3 is 5.97 Å². The molecular formula is C15H27NO3. The number of rotatable bonds is 7. The Morgan fingerprint density at radius 2 is 1.89 bits per heavy atom. The van der Waals surface area contributed by atoms with E-state index in [4.69, 9.17) is 9.84 Å². The summed E-state index contributed by atoms with van der Waals surface area (Å²) in [4.78, 5) is 11.1. The van der Waals surface area contributed by atoms with Crippen LogP contribution in [0.3, 0.4) is 0 Å². The highest BCUT2D eigenvalue weighted by atomic mass is 16.5. The van der Waals surface area contributed by atoms with Crippen LogP contribution in [-0.4, -0.2) is 35.9 Å². The number of carbonyl (C=O) groups is 1. The van der Waals surface area contributed by atoms with Crippen LogP contribution in [-0.2, 0) is 9.53 Å². The molecule has 0 bridgehead atoms. The van der Waals surface area contributed by atoms with E-state index in [2.05, 4.69) is 19.2 Å². The van der Waals surface area contributed by atoms with Crippen molar-refractivity contribution in [3.8, 4) is 0 Å². The normalized spacial score (nSPS) is 33.1. The van der Waals surface area contributed by atoms with Crippen LogP contribution in [0.2, 0.25) is 0 Å². The highest BCUT2D eigenvalue weighted by Gasteiger charge is 2.29. The number of hydrogen-bond acceptors (Lipinski definition) is 3. The molecular weight excluding hydrogens is 242 g/mol. The summed E-state index contributed by atoms with van der Waals surface area (Å²) in [5, 5.41) is 12.3. The van der Waals surface area contributed by atoms with Crippen LogP contribution < -0.4 is 5.32 Å². The van der Waals surface area contributed by atoms with Gasteiger partial charge in [0, 0.05) is 12.6 Å². The second-order valence-electron chi connectivity index (χ2n) is 6.53. The van der Waals surface area contributed by atoms with Crippen molar-refractivity contribution in [2.24, 2.45) is 11.8 Å². The minimum atomic E-state index is -0.749. The Morgan fingerprint density at radius 1 is 1.26 bits per heavy atom. The molecule has 2 saturated carbocycles. The van der Waals surface area contributed by atoms with Gasteiger partial charge in [0.1, 0.15) is 6.04 Å². The molecule has 2 aliphatic carbocycles. The van der Waals surface area contributed by atoms with Gasteiger partial charge in [0.05, 0.1) is 6.10 Å². The molecule has 0 aliphatic heterocycles. The number of carboxylic acid groups (broad SMARTS) is 1. The Kier molecular flexibility index (Phi) is 5.22. The Bertz CT molecular complexity index is 294. The molecule has 0 heterocycles. The summed E-state index contributed by atoms with van der Waals surface area (Å²) >= 11 is 0. The van der Waals surface area contributed by atoms with Gasteiger partial charge in [-0.3, -0.25) is 4.79 Å². The van der Waals surface area contributed by atoms with Gasteiger partial charge in [0.25, 0.3) is 0 Å². The Morgan fingerprint density at radius 3 is 2.42 bits per heavy atom. The van der Waals surface area contributed by atoms with Crippen LogP contribution in [0.4, 0.5) is 0 Å². The van der Waals surface area contributed by atoms with Gasteiger partial charge in [-0.05, 0) is 50.4 Å². The minimum absolute atomic E-state index is 0.328. The van der Waals surface area contributed by atoms with E-state index >= 15 is 0 Å². The molecule has 0 radical (unpaired) electrons. The van der Waals surface area contributed by atoms with Crippen molar-refractivity contribution >= 4 is 5.97 Å². The molecule has 0 aromatic heterocycles. The summed E-state index contributed by atoms with van der Waals surface area (Å²) < 4.78 is 5.90. The maximum atomic E-state index is 11.1. The smallest absolute Gasteiger partial charge is 0.320 e. The summed E-state index contributed by atoms with van der Waals surface area (Å²) in [6.07, 6.45) is 6.67. The molecule has 2 rings (SSSR count). The van der Waals surface area contributed by atoms with Crippen molar-refractivity contribution in [1.82, 2.24) is 5.32 Å². The van der Waals surface area contributed by atoms with Crippen molar-refractivity contribution in [3.63, 3.8) is 0 Å². The zero-order valence-electron chi connectivity index (χ0n) is 12.1. The number of carboxylic acids is 1. The van der Waals surface area contributed by atoms with E-state index in [9.17, 15) is 4.79 Å². The van der Waals surface area contributed by atoms with E-state index in [1.807, 2.05) is 0 Å². The predicted octanol–water partition coefficient (Wildman–Crippen LogP) is 2.42. The summed E-state index contributed by atoms with van der Waals surface area (Å²) in [5.74, 6) is 0.711. The zero-order chi connectivity index (χ0) is 13.8. The molecule has 0 saturated heterocycles. The fourth-order valence-corrected chi connectivity index (χ4v) is 3.17. The quantitative estimate of drug-likeness (QED) is 0.745. The Labute approximate surface area is 115 Å². The molecule has 0 amide bonds. The largest absolute Gasteiger partial charge is 0.480 e. The van der Waals surface area contributed by atoms with Gasteiger partial charge < -0.3 is 15.2 Å². The molecule has 4 heteroatoms. The number of ether oxygens (including phenoxy) is 1. The average Bonchev–Trinajstić information content (AvgIpc) is 3.10. The van der Waals surface area contributed by atoms with Crippen LogP contribution in [0, 0.1) is 11.8 Å². The Hall–Kier alpha value is -0.610. The lowest BCUT2D eigenvalue weighted by atomic mass is 9.82. The lowest BCUT2D eigenvalue weighted by Gasteiger charge is -2.31. The van der Waals surface area contributed by atoms with Gasteiger partial charge in [-0.25, -0.2) is 0 Å². The maximum absolute atomic E-state index is 11.1. The van der Waals surface area contributed by atoms with Crippen molar-refractivity contribution < 1.29 is 14.6 Å². The molecule has 3 atom stereocenters. The third-order valence-corrected chi connectivity index (χ3v) is 4.21. The first-order valence-corrected chi connectivity index (χ1v) is 7.65. The van der Waals surface area contributed by atoms with Crippen LogP contribution in [0.5, 0.6) is 0 Å². The van der Waals surface area contributed by atoms with Gasteiger partial charge in [0.2, 0.25) is 0 Å². The fraction of sp³-hybridized carbons (Fsp3) is 0.933. The second-order valence-corrected chi connectivity index (χ2v) is 6.53. The summed E-state index contributed by atoms with van der Waals surface area (Å²) in [7, 11) is 0. The minimum Gasteiger partial charge on any atom is -0.480 e. The molecule has 3 unspecified atom stereocenters. The van der Waals surface area contributed by atoms with Crippen LogP contribution >= 0.6 is 0 Å². The highest BCUT2D eigenvalue weighted by Crippen LogP contribution is 2.30. The number of aliphatic carboxylic acids is 1. The van der Waals surface area contributed by atoms with E-state index in [1.165, 1.54) is 6.42 Å². The third-order valence-electron chi connectivity index (χ3n) is 4.21. The number of nitrogens with one attached hydrogen (secondary N) is 1. The first-order chi connectivity index (χ1) is 9.04. The average molecular weight is 269 g/mol. The Balaban J connectivity index is 1.67. The maximum Gasteiger partial charge on any atom is 0.320 e. The third kappa shape index (κ3) is 5.11. The van der Waals surface area contributed by atoms with Crippen LogP contribution in [0.1, 0.15) is 52.4 Å². The van der Waals surface area contributed by atoms with Gasteiger partial charge in [-0.1, -0.05) is 13.8 Å². The lowest BCUT2D eigenvalue weighted by molar-refractivity contribution is -0.140. The predicted molar refractivity (Wildman–Crippen MR) is 74.1 cm³/mol. The summed E-state index contributed by atoms with van der Waals surface area (Å²) in [6.45, 7) is 5.11. The number of hydrogen-bond donors (Lipinski definition) is 2. The van der Waals surface area contributed by atoms with E-state index < -0.39 is 12.0 Å². The van der Waals surface area contributed by atoms with Crippen LogP contribution in [0.25, 0.3) is 0 Å². The monoisotopic (exact) mass is 269 g/mol. The van der Waals surface area contributed by atoms with E-state index in [1.54, 1.807) is 0 Å². The molecule has 2 N–H and O–H groups in total. The van der Waals surface area contributed by atoms with E-state index in [-0.39, 0.29) is 0 Å². The molecule has 2 fully saturated rings. The zero-order valence-corrected chi connectivity index (χ0v) is 12.1. The van der Waals surface area contributed by atoms with E-state index in [0.29, 0.717) is 25.2 Å². The lowest BCUT2D eigenvalue weighted by Crippen LogP contribution is -2.39. The fourth-order valence-electron chi connectivity index (χ4n) is 3.17. The molecule has 19 heavy (non-hydrogen) atoms. The van der Waals surface area contributed by atoms with Crippen LogP contribution in [0.15, 0.2) is 0 Å². The molecule has 0 aromatic carbocycles. The van der Waals surface area contributed by atoms with Gasteiger partial charge in [-0.2, -0.15) is 0 Å². The van der Waals surface area contributed by atoms with Crippen molar-refractivity contribution in [1.29, 1.82) is 0 Å². The van der Waals surface area contributed by atoms with Gasteiger partial charge in [-0.15, -0.1) is 0 Å². The highest BCUT2D eigenvalue weighted by molar-refractivity contribution is 5.73. The molecule has 110 valence electrons. The summed E-state index contributed by atoms with van der Waals surface area (Å²) in [5.41, 5.74) is 0.